The number of hydrogen-bond acceptors (Lipinski definition) is 8. The summed E-state index contributed by atoms with van der Waals surface area (Å²) in [5, 5.41) is 9.68. The van der Waals surface area contributed by atoms with Gasteiger partial charge < -0.3 is 9.84 Å². The van der Waals surface area contributed by atoms with Crippen molar-refractivity contribution in [3.63, 3.8) is 0 Å². The summed E-state index contributed by atoms with van der Waals surface area (Å²) in [6, 6.07) is 5.30. The summed E-state index contributed by atoms with van der Waals surface area (Å²) in [4.78, 5) is 32.5. The van der Waals surface area contributed by atoms with Crippen LogP contribution in [0.4, 0.5) is 0 Å². The number of nitrogens with zero attached hydrogens (tertiary/aromatic N) is 3. The molecule has 0 radical (unpaired) electrons. The summed E-state index contributed by atoms with van der Waals surface area (Å²) in [6.45, 7) is 1.10. The lowest BCUT2D eigenvalue weighted by Crippen LogP contribution is -2.35. The van der Waals surface area contributed by atoms with Crippen molar-refractivity contribution in [2.75, 3.05) is 25.5 Å². The number of aliphatic hydroxyl groups excluding tert-OH is 1. The molecule has 4 rings (SSSR count). The average Bonchev–Trinajstić information content (AvgIpc) is 3.33. The van der Waals surface area contributed by atoms with Crippen LogP contribution in [0.5, 0.6) is 0 Å². The summed E-state index contributed by atoms with van der Waals surface area (Å²) in [7, 11) is 0. The van der Waals surface area contributed by atoms with Crippen molar-refractivity contribution in [2.24, 2.45) is 0 Å². The fraction of sp³-hybridized carbons (Fsp3) is 0.368. The predicted molar refractivity (Wildman–Crippen MR) is 118 cm³/mol. The lowest BCUT2D eigenvalue weighted by Gasteiger charge is -2.18. The number of aromatic nitrogens is 2. The molecule has 4 heterocycles. The first kappa shape index (κ1) is 20.5. The number of rotatable bonds is 6. The Morgan fingerprint density at radius 3 is 3.03 bits per heavy atom. The topological polar surface area (TPSA) is 84.1 Å². The second-order valence-corrected chi connectivity index (χ2v) is 9.32. The molecule has 2 aromatic rings. The SMILES string of the molecule is O=C1/C(=C/c2c(SCCO)nc3ccccn3c2=O)SC(=S)N1C[C@H]1CCCO1. The summed E-state index contributed by atoms with van der Waals surface area (Å²) in [6.07, 6.45) is 5.11. The van der Waals surface area contributed by atoms with Crippen molar-refractivity contribution < 1.29 is 14.6 Å². The zero-order valence-electron chi connectivity index (χ0n) is 15.4. The zero-order chi connectivity index (χ0) is 20.4. The molecule has 29 heavy (non-hydrogen) atoms. The molecule has 1 amide bonds. The number of carbonyl (C=O) groups excluding carboxylic acids is 1. The van der Waals surface area contributed by atoms with E-state index in [1.165, 1.54) is 27.9 Å². The maximum Gasteiger partial charge on any atom is 0.266 e. The van der Waals surface area contributed by atoms with Gasteiger partial charge in [-0.3, -0.25) is 18.9 Å². The van der Waals surface area contributed by atoms with Crippen molar-refractivity contribution in [3.8, 4) is 0 Å². The maximum atomic E-state index is 13.1. The van der Waals surface area contributed by atoms with Gasteiger partial charge in [-0.2, -0.15) is 0 Å². The summed E-state index contributed by atoms with van der Waals surface area (Å²) >= 11 is 7.86. The fourth-order valence-electron chi connectivity index (χ4n) is 3.24. The highest BCUT2D eigenvalue weighted by Crippen LogP contribution is 2.34. The lowest BCUT2D eigenvalue weighted by atomic mass is 10.2. The van der Waals surface area contributed by atoms with E-state index in [1.54, 1.807) is 35.4 Å². The van der Waals surface area contributed by atoms with E-state index < -0.39 is 0 Å². The van der Waals surface area contributed by atoms with Gasteiger partial charge in [0.25, 0.3) is 11.5 Å². The number of thiocarbonyl (C=S) groups is 1. The van der Waals surface area contributed by atoms with Gasteiger partial charge in [0.2, 0.25) is 0 Å². The first-order chi connectivity index (χ1) is 14.1. The first-order valence-electron chi connectivity index (χ1n) is 9.20. The maximum absolute atomic E-state index is 13.1. The van der Waals surface area contributed by atoms with Gasteiger partial charge in [-0.05, 0) is 31.1 Å². The van der Waals surface area contributed by atoms with Crippen LogP contribution in [-0.4, -0.2) is 61.2 Å². The smallest absolute Gasteiger partial charge is 0.266 e. The van der Waals surface area contributed by atoms with E-state index in [0.29, 0.717) is 44.4 Å². The van der Waals surface area contributed by atoms with E-state index in [4.69, 9.17) is 17.0 Å². The van der Waals surface area contributed by atoms with Crippen molar-refractivity contribution in [3.05, 3.63) is 45.2 Å². The molecule has 0 aliphatic carbocycles. The van der Waals surface area contributed by atoms with Crippen LogP contribution in [0.25, 0.3) is 11.7 Å². The van der Waals surface area contributed by atoms with E-state index in [-0.39, 0.29) is 24.2 Å². The monoisotopic (exact) mass is 449 g/mol. The summed E-state index contributed by atoms with van der Waals surface area (Å²) in [5.41, 5.74) is 0.575. The van der Waals surface area contributed by atoms with Gasteiger partial charge in [0.15, 0.2) is 0 Å². The van der Waals surface area contributed by atoms with Gasteiger partial charge in [0.05, 0.1) is 29.7 Å². The van der Waals surface area contributed by atoms with Crippen LogP contribution < -0.4 is 5.56 Å². The number of aliphatic hydroxyl groups is 1. The van der Waals surface area contributed by atoms with E-state index in [1.807, 2.05) is 0 Å². The van der Waals surface area contributed by atoms with Crippen molar-refractivity contribution in [1.29, 1.82) is 0 Å². The second-order valence-electron chi connectivity index (χ2n) is 6.56. The first-order valence-corrected chi connectivity index (χ1v) is 11.4. The summed E-state index contributed by atoms with van der Waals surface area (Å²) in [5.74, 6) is 0.183. The Bertz CT molecular complexity index is 1050. The quantitative estimate of drug-likeness (QED) is 0.311. The predicted octanol–water partition coefficient (Wildman–Crippen LogP) is 2.16. The minimum Gasteiger partial charge on any atom is -0.396 e. The highest BCUT2D eigenvalue weighted by atomic mass is 32.2. The molecular weight excluding hydrogens is 430 g/mol. The van der Waals surface area contributed by atoms with Crippen LogP contribution in [-0.2, 0) is 9.53 Å². The average molecular weight is 450 g/mol. The third kappa shape index (κ3) is 4.26. The molecule has 7 nitrogen and oxygen atoms in total. The Morgan fingerprint density at radius 2 is 2.28 bits per heavy atom. The third-order valence-corrected chi connectivity index (χ3v) is 6.97. The Morgan fingerprint density at radius 1 is 1.41 bits per heavy atom. The van der Waals surface area contributed by atoms with Gasteiger partial charge in [-0.25, -0.2) is 4.98 Å². The van der Waals surface area contributed by atoms with Gasteiger partial charge >= 0.3 is 0 Å². The van der Waals surface area contributed by atoms with Crippen LogP contribution in [0.3, 0.4) is 0 Å². The molecule has 0 spiro atoms. The molecule has 0 aromatic carbocycles. The van der Waals surface area contributed by atoms with E-state index in [9.17, 15) is 14.7 Å². The van der Waals surface area contributed by atoms with Crippen molar-refractivity contribution in [1.82, 2.24) is 14.3 Å². The molecular formula is C19H19N3O4S3. The van der Waals surface area contributed by atoms with Crippen LogP contribution in [0, 0.1) is 0 Å². The Hall–Kier alpha value is -1.72. The van der Waals surface area contributed by atoms with Crippen LogP contribution in [0.2, 0.25) is 0 Å². The lowest BCUT2D eigenvalue weighted by molar-refractivity contribution is -0.123. The minimum absolute atomic E-state index is 0.000446. The molecule has 2 aromatic heterocycles. The van der Waals surface area contributed by atoms with Gasteiger partial charge in [-0.15, -0.1) is 11.8 Å². The van der Waals surface area contributed by atoms with E-state index in [2.05, 4.69) is 4.98 Å². The molecule has 2 aliphatic heterocycles. The van der Waals surface area contributed by atoms with Crippen LogP contribution >= 0.6 is 35.7 Å². The number of ether oxygens (including phenoxy) is 1. The largest absolute Gasteiger partial charge is 0.396 e. The molecule has 1 N–H and O–H groups in total. The molecule has 2 saturated heterocycles. The molecule has 10 heteroatoms. The fourth-order valence-corrected chi connectivity index (χ4v) is 5.24. The standard InChI is InChI=1S/C19H19N3O4S3/c23-7-9-28-16-13(17(24)21-6-2-1-5-15(21)20-16)10-14-18(25)22(19(27)29-14)11-12-4-3-8-26-12/h1-2,5-6,10,12,23H,3-4,7-9,11H2/b14-10-/t12-/m1/s1. The van der Waals surface area contributed by atoms with Gasteiger partial charge in [0.1, 0.15) is 15.0 Å². The molecule has 2 aliphatic rings. The number of amides is 1. The molecule has 152 valence electrons. The Labute approximate surface area is 181 Å². The second kappa shape index (κ2) is 8.97. The zero-order valence-corrected chi connectivity index (χ0v) is 17.9. The van der Waals surface area contributed by atoms with Gasteiger partial charge in [0, 0.05) is 18.6 Å². The van der Waals surface area contributed by atoms with Gasteiger partial charge in [-0.1, -0.05) is 30.0 Å². The van der Waals surface area contributed by atoms with E-state index >= 15 is 0 Å². The minimum atomic E-state index is -0.263. The van der Waals surface area contributed by atoms with E-state index in [0.717, 1.165) is 12.8 Å². The molecule has 0 unspecified atom stereocenters. The molecule has 2 fully saturated rings. The van der Waals surface area contributed by atoms with Crippen molar-refractivity contribution >= 4 is 57.7 Å². The highest BCUT2D eigenvalue weighted by Gasteiger charge is 2.35. The number of fused-ring (bicyclic) bond motifs is 1. The molecule has 1 atom stereocenters. The Balaban J connectivity index is 1.71. The Kier molecular flexibility index (Phi) is 6.35. The number of thioether (sulfide) groups is 2. The van der Waals surface area contributed by atoms with Crippen molar-refractivity contribution in [2.45, 2.75) is 24.0 Å². The molecule has 0 saturated carbocycles. The summed E-state index contributed by atoms with van der Waals surface area (Å²) < 4.78 is 7.54. The number of pyridine rings is 1. The normalized spacial score (nSPS) is 21.1. The van der Waals surface area contributed by atoms with Crippen LogP contribution in [0.1, 0.15) is 18.4 Å². The third-order valence-electron chi connectivity index (χ3n) is 4.62. The highest BCUT2D eigenvalue weighted by molar-refractivity contribution is 8.26. The van der Waals surface area contributed by atoms with Crippen LogP contribution in [0.15, 0.2) is 39.1 Å². The number of carbonyl (C=O) groups is 1. The molecule has 0 bridgehead atoms. The number of hydrogen-bond donors (Lipinski definition) is 1.